The number of nitrogens with zero attached hydrogens (tertiary/aromatic N) is 2. The van der Waals surface area contributed by atoms with Crippen molar-refractivity contribution in [2.75, 3.05) is 5.43 Å². The van der Waals surface area contributed by atoms with Gasteiger partial charge in [-0.3, -0.25) is 0 Å². The topological polar surface area (TPSA) is 73.1 Å². The molecule has 1 heterocycles. The predicted octanol–water partition coefficient (Wildman–Crippen LogP) is 3.44. The molecule has 20 heavy (non-hydrogen) atoms. The molecule has 0 unspecified atom stereocenters. The van der Waals surface area contributed by atoms with Gasteiger partial charge in [0.2, 0.25) is 5.88 Å². The SMILES string of the molecule is Cc1nc(NN)c(C)c(Oc2cc(C)c(Cl)c(C)c2)n1. The molecule has 0 amide bonds. The maximum absolute atomic E-state index is 6.15. The van der Waals surface area contributed by atoms with Gasteiger partial charge in [0.15, 0.2) is 0 Å². The summed E-state index contributed by atoms with van der Waals surface area (Å²) >= 11 is 6.15. The summed E-state index contributed by atoms with van der Waals surface area (Å²) in [7, 11) is 0. The Kier molecular flexibility index (Phi) is 4.11. The van der Waals surface area contributed by atoms with Crippen molar-refractivity contribution in [1.82, 2.24) is 9.97 Å². The summed E-state index contributed by atoms with van der Waals surface area (Å²) in [5.41, 5.74) is 5.22. The number of rotatable bonds is 3. The average molecular weight is 293 g/mol. The minimum atomic E-state index is 0.478. The van der Waals surface area contributed by atoms with Gasteiger partial charge in [0.1, 0.15) is 17.4 Å². The number of hydrazine groups is 1. The first-order chi connectivity index (χ1) is 9.42. The van der Waals surface area contributed by atoms with Crippen molar-refractivity contribution < 1.29 is 4.74 Å². The molecular formula is C14H17ClN4O. The third-order valence-corrected chi connectivity index (χ3v) is 3.57. The number of nitrogens with one attached hydrogen (secondary N) is 1. The van der Waals surface area contributed by atoms with E-state index in [1.54, 1.807) is 6.92 Å². The minimum Gasteiger partial charge on any atom is -0.439 e. The van der Waals surface area contributed by atoms with Gasteiger partial charge in [0, 0.05) is 5.02 Å². The molecule has 0 aliphatic carbocycles. The molecule has 106 valence electrons. The number of hydrogen-bond acceptors (Lipinski definition) is 5. The van der Waals surface area contributed by atoms with Crippen molar-refractivity contribution in [1.29, 1.82) is 0 Å². The van der Waals surface area contributed by atoms with Crippen molar-refractivity contribution in [3.63, 3.8) is 0 Å². The third-order valence-electron chi connectivity index (χ3n) is 2.97. The van der Waals surface area contributed by atoms with Gasteiger partial charge in [-0.1, -0.05) is 11.6 Å². The molecule has 2 rings (SSSR count). The number of hydrogen-bond donors (Lipinski definition) is 2. The van der Waals surface area contributed by atoms with E-state index < -0.39 is 0 Å². The first-order valence-corrected chi connectivity index (χ1v) is 6.56. The molecule has 0 aliphatic heterocycles. The Hall–Kier alpha value is -1.85. The van der Waals surface area contributed by atoms with Crippen LogP contribution < -0.4 is 16.0 Å². The second-order valence-electron chi connectivity index (χ2n) is 4.67. The van der Waals surface area contributed by atoms with Crippen LogP contribution in [0, 0.1) is 27.7 Å². The molecule has 3 N–H and O–H groups in total. The Balaban J connectivity index is 2.42. The monoisotopic (exact) mass is 292 g/mol. The number of anilines is 1. The number of ether oxygens (including phenoxy) is 1. The van der Waals surface area contributed by atoms with E-state index in [-0.39, 0.29) is 0 Å². The Morgan fingerprint density at radius 3 is 2.25 bits per heavy atom. The number of benzene rings is 1. The molecule has 0 bridgehead atoms. The van der Waals surface area contributed by atoms with E-state index in [4.69, 9.17) is 22.2 Å². The Labute approximate surface area is 123 Å². The van der Waals surface area contributed by atoms with Gasteiger partial charge in [-0.05, 0) is 51.0 Å². The molecule has 0 atom stereocenters. The van der Waals surface area contributed by atoms with Crippen LogP contribution >= 0.6 is 11.6 Å². The summed E-state index contributed by atoms with van der Waals surface area (Å²) < 4.78 is 5.84. The summed E-state index contributed by atoms with van der Waals surface area (Å²) in [5.74, 6) is 7.74. The maximum atomic E-state index is 6.15. The van der Waals surface area contributed by atoms with E-state index in [0.717, 1.165) is 21.7 Å². The lowest BCUT2D eigenvalue weighted by Crippen LogP contribution is -2.12. The summed E-state index contributed by atoms with van der Waals surface area (Å²) in [6, 6.07) is 3.75. The maximum Gasteiger partial charge on any atom is 0.227 e. The van der Waals surface area contributed by atoms with Crippen molar-refractivity contribution in [3.8, 4) is 11.6 Å². The van der Waals surface area contributed by atoms with E-state index in [9.17, 15) is 0 Å². The van der Waals surface area contributed by atoms with E-state index in [1.807, 2.05) is 32.9 Å². The highest BCUT2D eigenvalue weighted by atomic mass is 35.5. The second-order valence-corrected chi connectivity index (χ2v) is 5.04. The molecular weight excluding hydrogens is 276 g/mol. The van der Waals surface area contributed by atoms with Gasteiger partial charge < -0.3 is 10.2 Å². The number of nitrogens with two attached hydrogens (primary N) is 1. The van der Waals surface area contributed by atoms with Crippen LogP contribution in [0.4, 0.5) is 5.82 Å². The van der Waals surface area contributed by atoms with Crippen molar-refractivity contribution in [2.45, 2.75) is 27.7 Å². The van der Waals surface area contributed by atoms with Gasteiger partial charge in [0.05, 0.1) is 5.56 Å². The Morgan fingerprint density at radius 1 is 1.10 bits per heavy atom. The predicted molar refractivity (Wildman–Crippen MR) is 80.3 cm³/mol. The quantitative estimate of drug-likeness (QED) is 0.669. The molecule has 0 saturated carbocycles. The van der Waals surface area contributed by atoms with Crippen LogP contribution in [0.2, 0.25) is 5.02 Å². The molecule has 0 fully saturated rings. The van der Waals surface area contributed by atoms with Crippen LogP contribution in [0.1, 0.15) is 22.5 Å². The molecule has 5 nitrogen and oxygen atoms in total. The lowest BCUT2D eigenvalue weighted by atomic mass is 10.1. The lowest BCUT2D eigenvalue weighted by Gasteiger charge is -2.13. The van der Waals surface area contributed by atoms with E-state index >= 15 is 0 Å². The average Bonchev–Trinajstić information content (AvgIpc) is 2.39. The number of nitrogen functional groups attached to an aromatic ring is 1. The molecule has 1 aromatic heterocycles. The molecule has 0 aliphatic rings. The Bertz CT molecular complexity index is 635. The smallest absolute Gasteiger partial charge is 0.227 e. The fraction of sp³-hybridized carbons (Fsp3) is 0.286. The summed E-state index contributed by atoms with van der Waals surface area (Å²) in [5, 5.41) is 0.747. The highest BCUT2D eigenvalue weighted by molar-refractivity contribution is 6.32. The Morgan fingerprint density at radius 2 is 1.70 bits per heavy atom. The zero-order valence-corrected chi connectivity index (χ0v) is 12.7. The number of halogens is 1. The third kappa shape index (κ3) is 2.84. The van der Waals surface area contributed by atoms with E-state index in [2.05, 4.69) is 15.4 Å². The standard InChI is InChI=1S/C14H17ClN4O/c1-7-5-11(6-8(2)12(7)15)20-14-9(3)13(19-16)17-10(4)18-14/h5-6H,16H2,1-4H3,(H,17,18,19). The van der Waals surface area contributed by atoms with Gasteiger partial charge in [0.25, 0.3) is 0 Å². The first kappa shape index (κ1) is 14.6. The molecule has 2 aromatic rings. The van der Waals surface area contributed by atoms with Crippen LogP contribution in [0.15, 0.2) is 12.1 Å². The van der Waals surface area contributed by atoms with E-state index in [0.29, 0.717) is 23.3 Å². The van der Waals surface area contributed by atoms with Gasteiger partial charge >= 0.3 is 0 Å². The molecule has 1 aromatic carbocycles. The van der Waals surface area contributed by atoms with E-state index in [1.165, 1.54) is 0 Å². The van der Waals surface area contributed by atoms with Gasteiger partial charge in [-0.2, -0.15) is 4.98 Å². The summed E-state index contributed by atoms with van der Waals surface area (Å²) in [4.78, 5) is 8.49. The van der Waals surface area contributed by atoms with Gasteiger partial charge in [-0.15, -0.1) is 0 Å². The van der Waals surface area contributed by atoms with Crippen LogP contribution in [0.3, 0.4) is 0 Å². The zero-order chi connectivity index (χ0) is 14.9. The fourth-order valence-corrected chi connectivity index (χ4v) is 2.03. The number of aromatic nitrogens is 2. The fourth-order valence-electron chi connectivity index (χ4n) is 1.92. The first-order valence-electron chi connectivity index (χ1n) is 6.19. The second kappa shape index (κ2) is 5.64. The van der Waals surface area contributed by atoms with Crippen LogP contribution in [-0.4, -0.2) is 9.97 Å². The zero-order valence-electron chi connectivity index (χ0n) is 11.9. The highest BCUT2D eigenvalue weighted by Crippen LogP contribution is 2.31. The van der Waals surface area contributed by atoms with Crippen LogP contribution in [0.25, 0.3) is 0 Å². The van der Waals surface area contributed by atoms with Crippen LogP contribution in [0.5, 0.6) is 11.6 Å². The van der Waals surface area contributed by atoms with Crippen molar-refractivity contribution in [3.05, 3.63) is 39.7 Å². The molecule has 6 heteroatoms. The van der Waals surface area contributed by atoms with Crippen molar-refractivity contribution >= 4 is 17.4 Å². The van der Waals surface area contributed by atoms with Crippen LogP contribution in [-0.2, 0) is 0 Å². The minimum absolute atomic E-state index is 0.478. The molecule has 0 saturated heterocycles. The summed E-state index contributed by atoms with van der Waals surface area (Å²) in [6.07, 6.45) is 0. The summed E-state index contributed by atoms with van der Waals surface area (Å²) in [6.45, 7) is 7.51. The molecule has 0 spiro atoms. The lowest BCUT2D eigenvalue weighted by molar-refractivity contribution is 0.455. The largest absolute Gasteiger partial charge is 0.439 e. The number of aryl methyl sites for hydroxylation is 3. The van der Waals surface area contributed by atoms with Gasteiger partial charge in [-0.25, -0.2) is 10.8 Å². The molecule has 0 radical (unpaired) electrons. The normalized spacial score (nSPS) is 10.5. The highest BCUT2D eigenvalue weighted by Gasteiger charge is 2.12. The van der Waals surface area contributed by atoms with Crippen molar-refractivity contribution in [2.24, 2.45) is 5.84 Å².